The van der Waals surface area contributed by atoms with E-state index in [-0.39, 0.29) is 17.7 Å². The molecule has 0 aliphatic heterocycles. The fraction of sp³-hybridized carbons (Fsp3) is 0.167. The molecular formula is C24H18F3N3O4S. The Morgan fingerprint density at radius 2 is 1.80 bits per heavy atom. The Kier molecular flexibility index (Phi) is 5.94. The molecule has 0 radical (unpaired) electrons. The average Bonchev–Trinajstić information content (AvgIpc) is 3.37. The minimum atomic E-state index is -4.59. The Morgan fingerprint density at radius 1 is 1.11 bits per heavy atom. The molecule has 0 spiro atoms. The van der Waals surface area contributed by atoms with E-state index in [1.165, 1.54) is 12.3 Å². The predicted octanol–water partition coefficient (Wildman–Crippen LogP) is 4.39. The maximum atomic E-state index is 13.2. The number of nitriles is 1. The van der Waals surface area contributed by atoms with Gasteiger partial charge in [-0.25, -0.2) is 12.4 Å². The largest absolute Gasteiger partial charge is 0.481 e. The van der Waals surface area contributed by atoms with Crippen LogP contribution in [0.1, 0.15) is 33.6 Å². The van der Waals surface area contributed by atoms with Gasteiger partial charge in [-0.2, -0.15) is 18.4 Å². The Bertz CT molecular complexity index is 1590. The molecule has 180 valence electrons. The molecule has 4 aromatic rings. The summed E-state index contributed by atoms with van der Waals surface area (Å²) in [6.45, 7) is 1.73. The van der Waals surface area contributed by atoms with E-state index in [9.17, 15) is 36.8 Å². The fourth-order valence-electron chi connectivity index (χ4n) is 4.05. The number of aromatic nitrogens is 2. The van der Waals surface area contributed by atoms with Gasteiger partial charge >= 0.3 is 12.1 Å². The van der Waals surface area contributed by atoms with E-state index >= 15 is 0 Å². The number of aliphatic carboxylic acids is 1. The second-order valence-electron chi connectivity index (χ2n) is 7.90. The summed E-state index contributed by atoms with van der Waals surface area (Å²) in [5.41, 5.74) is 2.06. The van der Waals surface area contributed by atoms with Crippen LogP contribution in [0, 0.1) is 18.3 Å². The van der Waals surface area contributed by atoms with Crippen molar-refractivity contribution in [3.63, 3.8) is 0 Å². The van der Waals surface area contributed by atoms with E-state index in [4.69, 9.17) is 0 Å². The molecule has 3 heterocycles. The summed E-state index contributed by atoms with van der Waals surface area (Å²) in [5, 5.41) is 18.7. The zero-order valence-corrected chi connectivity index (χ0v) is 19.1. The number of halogens is 3. The van der Waals surface area contributed by atoms with Crippen molar-refractivity contribution < 1.29 is 31.5 Å². The molecule has 1 N–H and O–H groups in total. The number of benzene rings is 1. The molecule has 4 rings (SSSR count). The Hall–Kier alpha value is -4.04. The maximum absolute atomic E-state index is 13.2. The lowest BCUT2D eigenvalue weighted by Crippen LogP contribution is -2.15. The molecule has 0 atom stereocenters. The van der Waals surface area contributed by atoms with Crippen LogP contribution in [-0.2, 0) is 33.8 Å². The number of carboxylic acids is 1. The van der Waals surface area contributed by atoms with E-state index in [1.54, 1.807) is 35.7 Å². The number of pyridine rings is 1. The SMILES string of the molecule is Cc1c(Cc2cccn2S(=O)(=O)c2ccc(C(F)(F)F)cc2)c2cc(C#N)ccn2c1CC(=O)O. The van der Waals surface area contributed by atoms with Gasteiger partial charge in [0, 0.05) is 30.2 Å². The summed E-state index contributed by atoms with van der Waals surface area (Å²) in [5.74, 6) is -1.04. The van der Waals surface area contributed by atoms with E-state index < -0.39 is 27.7 Å². The molecule has 7 nitrogen and oxygen atoms in total. The van der Waals surface area contributed by atoms with Crippen LogP contribution in [-0.4, -0.2) is 27.9 Å². The highest BCUT2D eigenvalue weighted by atomic mass is 32.2. The van der Waals surface area contributed by atoms with Crippen LogP contribution < -0.4 is 0 Å². The first-order chi connectivity index (χ1) is 16.4. The third-order valence-electron chi connectivity index (χ3n) is 5.78. The van der Waals surface area contributed by atoms with Gasteiger partial charge in [-0.05, 0) is 66.6 Å². The van der Waals surface area contributed by atoms with Crippen LogP contribution in [0.5, 0.6) is 0 Å². The highest BCUT2D eigenvalue weighted by molar-refractivity contribution is 7.90. The molecule has 0 aliphatic carbocycles. The third-order valence-corrected chi connectivity index (χ3v) is 7.52. The summed E-state index contributed by atoms with van der Waals surface area (Å²) < 4.78 is 67.7. The van der Waals surface area contributed by atoms with Gasteiger partial charge in [0.05, 0.1) is 34.0 Å². The highest BCUT2D eigenvalue weighted by Crippen LogP contribution is 2.31. The van der Waals surface area contributed by atoms with E-state index in [2.05, 4.69) is 0 Å². The first-order valence-electron chi connectivity index (χ1n) is 10.3. The number of rotatable bonds is 6. The molecule has 35 heavy (non-hydrogen) atoms. The van der Waals surface area contributed by atoms with Crippen LogP contribution in [0.2, 0.25) is 0 Å². The topological polar surface area (TPSA) is 105 Å². The van der Waals surface area contributed by atoms with Crippen molar-refractivity contribution >= 4 is 21.5 Å². The lowest BCUT2D eigenvalue weighted by Gasteiger charge is -2.12. The summed E-state index contributed by atoms with van der Waals surface area (Å²) in [6, 6.07) is 11.5. The molecule has 0 saturated carbocycles. The lowest BCUT2D eigenvalue weighted by molar-refractivity contribution is -0.138. The normalized spacial score (nSPS) is 12.1. The quantitative estimate of drug-likeness (QED) is 0.422. The highest BCUT2D eigenvalue weighted by Gasteiger charge is 2.31. The Balaban J connectivity index is 1.80. The van der Waals surface area contributed by atoms with Crippen LogP contribution in [0.25, 0.3) is 5.52 Å². The molecule has 0 fully saturated rings. The van der Waals surface area contributed by atoms with Crippen LogP contribution in [0.4, 0.5) is 13.2 Å². The van der Waals surface area contributed by atoms with Crippen molar-refractivity contribution in [1.82, 2.24) is 8.37 Å². The standard InChI is InChI=1S/C24H18F3N3O4S/c1-15-20(22-11-16(14-28)8-10-29(22)21(15)13-23(31)32)12-18-3-2-9-30(18)35(33,34)19-6-4-17(5-7-19)24(25,26)27/h2-11H,12-13H2,1H3,(H,31,32). The average molecular weight is 501 g/mol. The smallest absolute Gasteiger partial charge is 0.416 e. The van der Waals surface area contributed by atoms with E-state index in [0.717, 1.165) is 16.1 Å². The Morgan fingerprint density at radius 3 is 2.40 bits per heavy atom. The Labute approximate surface area is 198 Å². The van der Waals surface area contributed by atoms with Gasteiger partial charge in [0.15, 0.2) is 0 Å². The summed E-state index contributed by atoms with van der Waals surface area (Å²) >= 11 is 0. The number of carbonyl (C=O) groups is 1. The van der Waals surface area contributed by atoms with Gasteiger partial charge in [-0.1, -0.05) is 0 Å². The molecular weight excluding hydrogens is 483 g/mol. The number of alkyl halides is 3. The molecule has 0 amide bonds. The molecule has 0 saturated heterocycles. The van der Waals surface area contributed by atoms with Gasteiger partial charge in [-0.3, -0.25) is 4.79 Å². The predicted molar refractivity (Wildman–Crippen MR) is 119 cm³/mol. The van der Waals surface area contributed by atoms with Crippen molar-refractivity contribution in [2.24, 2.45) is 0 Å². The van der Waals surface area contributed by atoms with Gasteiger partial charge in [0.2, 0.25) is 0 Å². The maximum Gasteiger partial charge on any atom is 0.416 e. The molecule has 0 aliphatic rings. The summed E-state index contributed by atoms with van der Waals surface area (Å²) in [4.78, 5) is 11.1. The minimum Gasteiger partial charge on any atom is -0.481 e. The van der Waals surface area contributed by atoms with Crippen molar-refractivity contribution in [2.75, 3.05) is 0 Å². The van der Waals surface area contributed by atoms with Crippen LogP contribution in [0.15, 0.2) is 65.8 Å². The second-order valence-corrected chi connectivity index (χ2v) is 9.72. The number of hydrogen-bond donors (Lipinski definition) is 1. The second kappa shape index (κ2) is 8.63. The number of carboxylic acid groups (broad SMARTS) is 1. The van der Waals surface area contributed by atoms with Crippen LogP contribution >= 0.6 is 0 Å². The van der Waals surface area contributed by atoms with Crippen LogP contribution in [0.3, 0.4) is 0 Å². The number of hydrogen-bond acceptors (Lipinski definition) is 4. The van der Waals surface area contributed by atoms with Gasteiger partial charge < -0.3 is 9.51 Å². The third kappa shape index (κ3) is 4.40. The van der Waals surface area contributed by atoms with Crippen molar-refractivity contribution in [3.8, 4) is 6.07 Å². The number of nitrogens with zero attached hydrogens (tertiary/aromatic N) is 3. The number of fused-ring (bicyclic) bond motifs is 1. The molecule has 0 unspecified atom stereocenters. The van der Waals surface area contributed by atoms with Crippen molar-refractivity contribution in [2.45, 2.75) is 30.8 Å². The van der Waals surface area contributed by atoms with Gasteiger partial charge in [0.1, 0.15) is 0 Å². The summed E-state index contributed by atoms with van der Waals surface area (Å²) in [6.07, 6.45) is -1.89. The molecule has 11 heteroatoms. The lowest BCUT2D eigenvalue weighted by atomic mass is 10.0. The van der Waals surface area contributed by atoms with E-state index in [1.807, 2.05) is 6.07 Å². The monoisotopic (exact) mass is 501 g/mol. The summed E-state index contributed by atoms with van der Waals surface area (Å²) in [7, 11) is -4.20. The zero-order valence-electron chi connectivity index (χ0n) is 18.2. The van der Waals surface area contributed by atoms with E-state index in [0.29, 0.717) is 45.7 Å². The molecule has 0 bridgehead atoms. The molecule has 1 aromatic carbocycles. The first-order valence-corrected chi connectivity index (χ1v) is 11.7. The zero-order chi connectivity index (χ0) is 25.5. The van der Waals surface area contributed by atoms with Gasteiger partial charge in [0.25, 0.3) is 10.0 Å². The molecule has 3 aromatic heterocycles. The van der Waals surface area contributed by atoms with Gasteiger partial charge in [-0.15, -0.1) is 0 Å². The fourth-order valence-corrected chi connectivity index (χ4v) is 5.42. The van der Waals surface area contributed by atoms with Crippen molar-refractivity contribution in [3.05, 3.63) is 94.6 Å². The minimum absolute atomic E-state index is 0.0801. The van der Waals surface area contributed by atoms with Crippen molar-refractivity contribution in [1.29, 1.82) is 5.26 Å². The first kappa shape index (κ1) is 24.1.